The zero-order chi connectivity index (χ0) is 16.9. The SMILES string of the molecule is CCOCCN(CCOCC)C(=O)C(=O)/C=C/c1ccccc1. The standard InChI is InChI=1S/C18H25NO4/c1-3-22-14-12-19(13-15-23-4-2)18(21)17(20)11-10-16-8-6-5-7-9-16/h5-11H,3-4,12-15H2,1-2H3/b11-10+. The van der Waals surface area contributed by atoms with Gasteiger partial charge in [0.15, 0.2) is 0 Å². The van der Waals surface area contributed by atoms with Gasteiger partial charge in [-0.3, -0.25) is 9.59 Å². The van der Waals surface area contributed by atoms with E-state index in [1.807, 2.05) is 44.2 Å². The van der Waals surface area contributed by atoms with Crippen molar-refractivity contribution in [3.05, 3.63) is 42.0 Å². The number of carbonyl (C=O) groups is 2. The highest BCUT2D eigenvalue weighted by Crippen LogP contribution is 2.02. The maximum atomic E-state index is 12.3. The van der Waals surface area contributed by atoms with E-state index in [0.29, 0.717) is 39.5 Å². The van der Waals surface area contributed by atoms with Gasteiger partial charge < -0.3 is 14.4 Å². The third kappa shape index (κ3) is 7.72. The second-order valence-corrected chi connectivity index (χ2v) is 4.79. The minimum absolute atomic E-state index is 0.380. The second-order valence-electron chi connectivity index (χ2n) is 4.79. The summed E-state index contributed by atoms with van der Waals surface area (Å²) >= 11 is 0. The summed E-state index contributed by atoms with van der Waals surface area (Å²) in [4.78, 5) is 25.8. The summed E-state index contributed by atoms with van der Waals surface area (Å²) in [7, 11) is 0. The van der Waals surface area contributed by atoms with Gasteiger partial charge in [-0.25, -0.2) is 0 Å². The first-order valence-electron chi connectivity index (χ1n) is 7.90. The van der Waals surface area contributed by atoms with Crippen LogP contribution in [0.25, 0.3) is 6.08 Å². The predicted octanol–water partition coefficient (Wildman–Crippen LogP) is 2.17. The molecule has 0 radical (unpaired) electrons. The van der Waals surface area contributed by atoms with Crippen molar-refractivity contribution < 1.29 is 19.1 Å². The molecule has 0 fully saturated rings. The molecule has 5 nitrogen and oxygen atoms in total. The fourth-order valence-corrected chi connectivity index (χ4v) is 1.92. The topological polar surface area (TPSA) is 55.8 Å². The molecule has 1 amide bonds. The van der Waals surface area contributed by atoms with Crippen LogP contribution in [0.4, 0.5) is 0 Å². The zero-order valence-electron chi connectivity index (χ0n) is 13.9. The van der Waals surface area contributed by atoms with E-state index in [-0.39, 0.29) is 0 Å². The average molecular weight is 319 g/mol. The highest BCUT2D eigenvalue weighted by Gasteiger charge is 2.19. The molecule has 0 N–H and O–H groups in total. The van der Waals surface area contributed by atoms with Crippen LogP contribution in [0, 0.1) is 0 Å². The van der Waals surface area contributed by atoms with Gasteiger partial charge in [-0.1, -0.05) is 36.4 Å². The third-order valence-corrected chi connectivity index (χ3v) is 3.14. The molecule has 0 aliphatic carbocycles. The summed E-state index contributed by atoms with van der Waals surface area (Å²) in [6, 6.07) is 9.39. The lowest BCUT2D eigenvalue weighted by Gasteiger charge is -2.21. The van der Waals surface area contributed by atoms with Crippen molar-refractivity contribution in [2.75, 3.05) is 39.5 Å². The van der Waals surface area contributed by atoms with Gasteiger partial charge in [0.1, 0.15) is 0 Å². The molecule has 126 valence electrons. The molecule has 1 aromatic rings. The van der Waals surface area contributed by atoms with Crippen molar-refractivity contribution in [3.63, 3.8) is 0 Å². The Hall–Kier alpha value is -1.98. The Kier molecular flexibility index (Phi) is 9.59. The van der Waals surface area contributed by atoms with E-state index in [1.54, 1.807) is 6.08 Å². The molecule has 23 heavy (non-hydrogen) atoms. The summed E-state index contributed by atoms with van der Waals surface area (Å²) in [6.07, 6.45) is 2.95. The summed E-state index contributed by atoms with van der Waals surface area (Å²) in [6.45, 7) is 6.51. The van der Waals surface area contributed by atoms with Crippen LogP contribution in [0.1, 0.15) is 19.4 Å². The zero-order valence-corrected chi connectivity index (χ0v) is 13.9. The molecule has 1 aromatic carbocycles. The number of ether oxygens (including phenoxy) is 2. The lowest BCUT2D eigenvalue weighted by atomic mass is 10.2. The maximum Gasteiger partial charge on any atom is 0.294 e. The lowest BCUT2D eigenvalue weighted by Crippen LogP contribution is -2.40. The number of nitrogens with zero attached hydrogens (tertiary/aromatic N) is 1. The van der Waals surface area contributed by atoms with E-state index in [4.69, 9.17) is 9.47 Å². The highest BCUT2D eigenvalue weighted by molar-refractivity contribution is 6.41. The van der Waals surface area contributed by atoms with E-state index in [9.17, 15) is 9.59 Å². The first kappa shape index (κ1) is 19.1. The van der Waals surface area contributed by atoms with Crippen LogP contribution < -0.4 is 0 Å². The fourth-order valence-electron chi connectivity index (χ4n) is 1.92. The Balaban J connectivity index is 2.61. The van der Waals surface area contributed by atoms with Crippen LogP contribution in [-0.4, -0.2) is 56.1 Å². The number of hydrogen-bond donors (Lipinski definition) is 0. The molecule has 0 atom stereocenters. The van der Waals surface area contributed by atoms with Gasteiger partial charge in [0.25, 0.3) is 5.91 Å². The van der Waals surface area contributed by atoms with Crippen molar-refractivity contribution in [1.29, 1.82) is 0 Å². The Morgan fingerprint density at radius 2 is 1.57 bits per heavy atom. The van der Waals surface area contributed by atoms with Crippen LogP contribution >= 0.6 is 0 Å². The number of rotatable bonds is 11. The highest BCUT2D eigenvalue weighted by atomic mass is 16.5. The van der Waals surface area contributed by atoms with E-state index < -0.39 is 11.7 Å². The summed E-state index contributed by atoms with van der Waals surface area (Å²) < 4.78 is 10.5. The van der Waals surface area contributed by atoms with Crippen LogP contribution in [0.15, 0.2) is 36.4 Å². The van der Waals surface area contributed by atoms with Gasteiger partial charge in [-0.05, 0) is 25.5 Å². The quantitative estimate of drug-likeness (QED) is 0.356. The second kappa shape index (κ2) is 11.6. The van der Waals surface area contributed by atoms with E-state index in [2.05, 4.69) is 0 Å². The molecule has 0 spiro atoms. The van der Waals surface area contributed by atoms with Crippen LogP contribution in [0.2, 0.25) is 0 Å². The molecule has 0 bridgehead atoms. The molecular weight excluding hydrogens is 294 g/mol. The molecule has 0 saturated carbocycles. The van der Waals surface area contributed by atoms with E-state index >= 15 is 0 Å². The number of carbonyl (C=O) groups excluding carboxylic acids is 2. The number of benzene rings is 1. The number of amides is 1. The molecule has 0 aliphatic rings. The van der Waals surface area contributed by atoms with Gasteiger partial charge in [0, 0.05) is 26.3 Å². The Labute approximate surface area is 137 Å². The first-order chi connectivity index (χ1) is 11.2. The van der Waals surface area contributed by atoms with Crippen molar-refractivity contribution in [1.82, 2.24) is 4.90 Å². The fraction of sp³-hybridized carbons (Fsp3) is 0.444. The summed E-state index contributed by atoms with van der Waals surface area (Å²) in [5.41, 5.74) is 0.879. The average Bonchev–Trinajstić information content (AvgIpc) is 2.59. The molecule has 0 heterocycles. The normalized spacial score (nSPS) is 10.9. The Morgan fingerprint density at radius 3 is 2.09 bits per heavy atom. The lowest BCUT2D eigenvalue weighted by molar-refractivity contribution is -0.143. The largest absolute Gasteiger partial charge is 0.380 e. The smallest absolute Gasteiger partial charge is 0.294 e. The van der Waals surface area contributed by atoms with Crippen LogP contribution in [-0.2, 0) is 19.1 Å². The van der Waals surface area contributed by atoms with Crippen molar-refractivity contribution in [2.45, 2.75) is 13.8 Å². The predicted molar refractivity (Wildman–Crippen MR) is 90.0 cm³/mol. The van der Waals surface area contributed by atoms with E-state index in [0.717, 1.165) is 5.56 Å². The van der Waals surface area contributed by atoms with Crippen molar-refractivity contribution >= 4 is 17.8 Å². The minimum atomic E-state index is -0.540. The van der Waals surface area contributed by atoms with E-state index in [1.165, 1.54) is 11.0 Å². The van der Waals surface area contributed by atoms with Gasteiger partial charge in [-0.15, -0.1) is 0 Å². The Morgan fingerprint density at radius 1 is 1.00 bits per heavy atom. The van der Waals surface area contributed by atoms with Gasteiger partial charge in [0.05, 0.1) is 13.2 Å². The molecule has 0 unspecified atom stereocenters. The van der Waals surface area contributed by atoms with Gasteiger partial charge in [-0.2, -0.15) is 0 Å². The Bertz CT molecular complexity index is 489. The molecule has 0 saturated heterocycles. The van der Waals surface area contributed by atoms with Crippen LogP contribution in [0.5, 0.6) is 0 Å². The molecule has 5 heteroatoms. The summed E-state index contributed by atoms with van der Waals surface area (Å²) in [5.74, 6) is -1.07. The maximum absolute atomic E-state index is 12.3. The molecular formula is C18H25NO4. The number of hydrogen-bond acceptors (Lipinski definition) is 4. The van der Waals surface area contributed by atoms with Crippen molar-refractivity contribution in [3.8, 4) is 0 Å². The van der Waals surface area contributed by atoms with Crippen molar-refractivity contribution in [2.24, 2.45) is 0 Å². The third-order valence-electron chi connectivity index (χ3n) is 3.14. The number of ketones is 1. The molecule has 0 aromatic heterocycles. The van der Waals surface area contributed by atoms with Gasteiger partial charge >= 0.3 is 0 Å². The minimum Gasteiger partial charge on any atom is -0.380 e. The van der Waals surface area contributed by atoms with Gasteiger partial charge in [0.2, 0.25) is 5.78 Å². The molecule has 1 rings (SSSR count). The summed E-state index contributed by atoms with van der Waals surface area (Å²) in [5, 5.41) is 0. The van der Waals surface area contributed by atoms with Crippen LogP contribution in [0.3, 0.4) is 0 Å². The monoisotopic (exact) mass is 319 g/mol. The first-order valence-corrected chi connectivity index (χ1v) is 7.90. The molecule has 0 aliphatic heterocycles.